The molecule has 0 fully saturated rings. The van der Waals surface area contributed by atoms with Crippen LogP contribution in [0, 0.1) is 0 Å². The number of ether oxygens (including phenoxy) is 1. The van der Waals surface area contributed by atoms with Crippen LogP contribution in [-0.2, 0) is 9.59 Å². The van der Waals surface area contributed by atoms with E-state index < -0.39 is 0 Å². The van der Waals surface area contributed by atoms with Crippen LogP contribution in [0.3, 0.4) is 0 Å². The fourth-order valence-corrected chi connectivity index (χ4v) is 2.81. The molecule has 1 amide bonds. The largest absolute Gasteiger partial charge is 0.490 e. The molecule has 0 aliphatic heterocycles. The average molecular weight is 402 g/mol. The van der Waals surface area contributed by atoms with Crippen LogP contribution in [0.2, 0.25) is 0 Å². The molecule has 1 aromatic rings. The van der Waals surface area contributed by atoms with Gasteiger partial charge < -0.3 is 10.1 Å². The highest BCUT2D eigenvalue weighted by molar-refractivity contribution is 8.14. The summed E-state index contributed by atoms with van der Waals surface area (Å²) >= 11 is 1.19. The number of benzene rings is 1. The van der Waals surface area contributed by atoms with Gasteiger partial charge in [-0.05, 0) is 63.5 Å². The summed E-state index contributed by atoms with van der Waals surface area (Å²) in [6.07, 6.45) is 9.81. The summed E-state index contributed by atoms with van der Waals surface area (Å²) in [6, 6.07) is 7.65. The van der Waals surface area contributed by atoms with Crippen LogP contribution in [0.5, 0.6) is 5.75 Å². The minimum absolute atomic E-state index is 0.0283. The van der Waals surface area contributed by atoms with Gasteiger partial charge in [-0.3, -0.25) is 9.59 Å². The molecule has 0 aliphatic carbocycles. The third kappa shape index (κ3) is 12.2. The minimum Gasteiger partial charge on any atom is -0.490 e. The quantitative estimate of drug-likeness (QED) is 0.316. The van der Waals surface area contributed by atoms with Crippen LogP contribution >= 0.6 is 11.8 Å². The summed E-state index contributed by atoms with van der Waals surface area (Å²) in [4.78, 5) is 22.5. The molecule has 0 radical (unpaired) electrons. The molecule has 28 heavy (non-hydrogen) atoms. The highest BCUT2D eigenvalue weighted by Gasteiger charge is 1.99. The number of hydrogen-bond acceptors (Lipinski definition) is 4. The molecular weight excluding hydrogens is 370 g/mol. The van der Waals surface area contributed by atoms with Gasteiger partial charge in [0.05, 0.1) is 0 Å². The zero-order chi connectivity index (χ0) is 20.8. The predicted octanol–water partition coefficient (Wildman–Crippen LogP) is 5.17. The van der Waals surface area contributed by atoms with Crippen molar-refractivity contribution >= 4 is 28.9 Å². The first-order chi connectivity index (χ1) is 13.4. The first-order valence-electron chi connectivity index (χ1n) is 9.48. The Morgan fingerprint density at radius 3 is 2.43 bits per heavy atom. The molecule has 1 N–H and O–H groups in total. The second-order valence-corrected chi connectivity index (χ2v) is 7.83. The average Bonchev–Trinajstić information content (AvgIpc) is 2.64. The lowest BCUT2D eigenvalue weighted by Gasteiger charge is -2.05. The molecule has 152 valence electrons. The maximum absolute atomic E-state index is 11.8. The molecule has 0 spiro atoms. The van der Waals surface area contributed by atoms with Gasteiger partial charge in [0.1, 0.15) is 12.4 Å². The Kier molecular flexibility index (Phi) is 11.7. The van der Waals surface area contributed by atoms with E-state index in [0.29, 0.717) is 18.9 Å². The van der Waals surface area contributed by atoms with Crippen LogP contribution in [0.1, 0.15) is 46.1 Å². The molecule has 0 saturated heterocycles. The minimum atomic E-state index is -0.0831. The van der Waals surface area contributed by atoms with Gasteiger partial charge in [-0.15, -0.1) is 0 Å². The van der Waals surface area contributed by atoms with Gasteiger partial charge in [0, 0.05) is 19.2 Å². The smallest absolute Gasteiger partial charge is 0.216 e. The van der Waals surface area contributed by atoms with Crippen molar-refractivity contribution in [2.45, 2.75) is 40.5 Å². The van der Waals surface area contributed by atoms with E-state index in [1.54, 1.807) is 12.2 Å². The van der Waals surface area contributed by atoms with Gasteiger partial charge in [-0.25, -0.2) is 0 Å². The Bertz CT molecular complexity index is 714. The SMILES string of the molecule is CC(=O)NCCSC(=O)/C=C/c1ccc(OC/C=C(\C)CCC=C(C)C)cc1. The topological polar surface area (TPSA) is 55.4 Å². The number of allylic oxidation sites excluding steroid dienone is 3. The molecule has 0 unspecified atom stereocenters. The van der Waals surface area contributed by atoms with E-state index in [0.717, 1.165) is 24.2 Å². The summed E-state index contributed by atoms with van der Waals surface area (Å²) in [7, 11) is 0. The number of nitrogens with one attached hydrogen (secondary N) is 1. The van der Waals surface area contributed by atoms with E-state index in [9.17, 15) is 9.59 Å². The standard InChI is InChI=1S/C23H31NO3S/c1-18(2)6-5-7-19(3)14-16-27-22-11-8-21(9-12-22)10-13-23(26)28-17-15-24-20(4)25/h6,8-14H,5,7,15-17H2,1-4H3,(H,24,25)/b13-10+,19-14+. The van der Waals surface area contributed by atoms with Crippen molar-refractivity contribution < 1.29 is 14.3 Å². The number of rotatable bonds is 11. The summed E-state index contributed by atoms with van der Waals surface area (Å²) in [5.74, 6) is 1.29. The molecule has 0 aromatic heterocycles. The first-order valence-corrected chi connectivity index (χ1v) is 10.5. The maximum atomic E-state index is 11.8. The van der Waals surface area contributed by atoms with Crippen molar-refractivity contribution in [1.29, 1.82) is 0 Å². The molecule has 0 bridgehead atoms. The normalized spacial score (nSPS) is 11.4. The third-order valence-corrected chi connectivity index (χ3v) is 4.61. The summed E-state index contributed by atoms with van der Waals surface area (Å²) < 4.78 is 5.75. The highest BCUT2D eigenvalue weighted by atomic mass is 32.2. The third-order valence-electron chi connectivity index (χ3n) is 3.79. The van der Waals surface area contributed by atoms with E-state index in [2.05, 4.69) is 38.2 Å². The van der Waals surface area contributed by atoms with E-state index in [1.807, 2.05) is 24.3 Å². The Hall–Kier alpha value is -2.27. The summed E-state index contributed by atoms with van der Waals surface area (Å²) in [5, 5.41) is 2.63. The van der Waals surface area contributed by atoms with Gasteiger partial charge in [0.15, 0.2) is 0 Å². The van der Waals surface area contributed by atoms with Gasteiger partial charge in [-0.2, -0.15) is 0 Å². The van der Waals surface area contributed by atoms with Crippen LogP contribution in [0.4, 0.5) is 0 Å². The Labute approximate surface area is 173 Å². The molecule has 1 rings (SSSR count). The highest BCUT2D eigenvalue weighted by Crippen LogP contribution is 2.15. The van der Waals surface area contributed by atoms with Crippen molar-refractivity contribution in [3.05, 3.63) is 59.2 Å². The van der Waals surface area contributed by atoms with Crippen molar-refractivity contribution in [2.24, 2.45) is 0 Å². The molecule has 0 atom stereocenters. The molecule has 4 nitrogen and oxygen atoms in total. The number of thioether (sulfide) groups is 1. The predicted molar refractivity (Wildman–Crippen MR) is 120 cm³/mol. The van der Waals surface area contributed by atoms with Gasteiger partial charge in [0.2, 0.25) is 11.0 Å². The molecule has 0 saturated carbocycles. The second-order valence-electron chi connectivity index (χ2n) is 6.73. The van der Waals surface area contributed by atoms with Crippen molar-refractivity contribution in [2.75, 3.05) is 18.9 Å². The van der Waals surface area contributed by atoms with Crippen LogP contribution < -0.4 is 10.1 Å². The zero-order valence-corrected chi connectivity index (χ0v) is 18.1. The lowest BCUT2D eigenvalue weighted by Crippen LogP contribution is -2.22. The fraction of sp³-hybridized carbons (Fsp3) is 0.391. The Balaban J connectivity index is 2.35. The van der Waals surface area contributed by atoms with Crippen LogP contribution in [0.15, 0.2) is 53.6 Å². The number of hydrogen-bond donors (Lipinski definition) is 1. The van der Waals surface area contributed by atoms with Gasteiger partial charge in [-0.1, -0.05) is 47.2 Å². The lowest BCUT2D eigenvalue weighted by molar-refractivity contribution is -0.118. The van der Waals surface area contributed by atoms with E-state index in [1.165, 1.54) is 29.8 Å². The van der Waals surface area contributed by atoms with Crippen molar-refractivity contribution in [3.8, 4) is 5.75 Å². The second kappa shape index (κ2) is 13.8. The number of carbonyl (C=O) groups excluding carboxylic acids is 2. The van der Waals surface area contributed by atoms with E-state index in [4.69, 9.17) is 4.74 Å². The van der Waals surface area contributed by atoms with Gasteiger partial charge in [0.25, 0.3) is 0 Å². The van der Waals surface area contributed by atoms with Crippen molar-refractivity contribution in [3.63, 3.8) is 0 Å². The maximum Gasteiger partial charge on any atom is 0.216 e. The van der Waals surface area contributed by atoms with Crippen LogP contribution in [0.25, 0.3) is 6.08 Å². The van der Waals surface area contributed by atoms with E-state index in [-0.39, 0.29) is 11.0 Å². The van der Waals surface area contributed by atoms with Crippen LogP contribution in [-0.4, -0.2) is 29.9 Å². The number of carbonyl (C=O) groups is 2. The number of amides is 1. The van der Waals surface area contributed by atoms with Gasteiger partial charge >= 0.3 is 0 Å². The molecular formula is C23H31NO3S. The molecule has 0 heterocycles. The molecule has 5 heteroatoms. The molecule has 0 aliphatic rings. The summed E-state index contributed by atoms with van der Waals surface area (Å²) in [6.45, 7) is 8.87. The summed E-state index contributed by atoms with van der Waals surface area (Å²) in [5.41, 5.74) is 3.62. The first kappa shape index (κ1) is 23.8. The van der Waals surface area contributed by atoms with E-state index >= 15 is 0 Å². The lowest BCUT2D eigenvalue weighted by atomic mass is 10.1. The monoisotopic (exact) mass is 401 g/mol. The fourth-order valence-electron chi connectivity index (χ4n) is 2.24. The van der Waals surface area contributed by atoms with Crippen molar-refractivity contribution in [1.82, 2.24) is 5.32 Å². The molecule has 1 aromatic carbocycles. The Morgan fingerprint density at radius 1 is 1.07 bits per heavy atom. The Morgan fingerprint density at radius 2 is 1.79 bits per heavy atom. The zero-order valence-electron chi connectivity index (χ0n) is 17.3.